The molecule has 1 unspecified atom stereocenters. The molecule has 24 heavy (non-hydrogen) atoms. The molecule has 1 heterocycles. The number of pyridine rings is 1. The fourth-order valence-corrected chi connectivity index (χ4v) is 2.94. The molecule has 0 amide bonds. The molecular weight excluding hydrogens is 400 g/mol. The molecule has 126 valence electrons. The van der Waals surface area contributed by atoms with Crippen molar-refractivity contribution < 1.29 is 19.4 Å². The van der Waals surface area contributed by atoms with Crippen LogP contribution >= 0.6 is 46.4 Å². The van der Waals surface area contributed by atoms with Gasteiger partial charge in [-0.2, -0.15) is 0 Å². The van der Waals surface area contributed by atoms with E-state index in [4.69, 9.17) is 51.1 Å². The number of nitrogens with zero attached hydrogens (tertiary/aromatic N) is 1. The van der Waals surface area contributed by atoms with E-state index < -0.39 is 29.2 Å². The quantitative estimate of drug-likeness (QED) is 0.421. The van der Waals surface area contributed by atoms with E-state index in [9.17, 15) is 14.7 Å². The molecular formula is C15H9Cl4NO4. The Morgan fingerprint density at radius 2 is 1.67 bits per heavy atom. The predicted octanol–water partition coefficient (Wildman–Crippen LogP) is 5.31. The van der Waals surface area contributed by atoms with Crippen LogP contribution in [0.3, 0.4) is 0 Å². The van der Waals surface area contributed by atoms with Gasteiger partial charge in [-0.05, 0) is 13.0 Å². The second-order valence-electron chi connectivity index (χ2n) is 4.64. The molecule has 1 aromatic heterocycles. The fraction of sp³-hybridized carbons (Fsp3) is 0.133. The first-order chi connectivity index (χ1) is 11.3. The first-order valence-corrected chi connectivity index (χ1v) is 7.97. The van der Waals surface area contributed by atoms with Gasteiger partial charge in [-0.3, -0.25) is 4.98 Å². The third-order valence-electron chi connectivity index (χ3n) is 3.12. The van der Waals surface area contributed by atoms with Crippen LogP contribution in [0.4, 0.5) is 0 Å². The summed E-state index contributed by atoms with van der Waals surface area (Å²) in [6.45, 7) is 1.60. The van der Waals surface area contributed by atoms with Crippen LogP contribution in [-0.2, 0) is 4.74 Å². The highest BCUT2D eigenvalue weighted by molar-refractivity contribution is 6.54. The maximum atomic E-state index is 12.4. The number of carbonyl (C=O) groups is 2. The summed E-state index contributed by atoms with van der Waals surface area (Å²) in [5.41, 5.74) is -0.413. The molecule has 0 saturated heterocycles. The summed E-state index contributed by atoms with van der Waals surface area (Å²) in [6, 6.07) is 3.37. The van der Waals surface area contributed by atoms with Gasteiger partial charge in [-0.25, -0.2) is 9.59 Å². The number of carbonyl (C=O) groups excluding carboxylic acids is 1. The molecule has 1 N–H and O–H groups in total. The molecule has 1 atom stereocenters. The van der Waals surface area contributed by atoms with Crippen molar-refractivity contribution in [2.75, 3.05) is 0 Å². The number of hydrogen-bond donors (Lipinski definition) is 1. The Hall–Kier alpha value is -1.53. The maximum absolute atomic E-state index is 12.4. The molecule has 9 heteroatoms. The Bertz CT molecular complexity index is 811. The minimum atomic E-state index is -1.48. The number of carboxylic acid groups (broad SMARTS) is 1. The van der Waals surface area contributed by atoms with Gasteiger partial charge in [0, 0.05) is 18.0 Å². The van der Waals surface area contributed by atoms with Crippen LogP contribution in [0.25, 0.3) is 0 Å². The first-order valence-electron chi connectivity index (χ1n) is 6.45. The van der Waals surface area contributed by atoms with Crippen molar-refractivity contribution in [3.63, 3.8) is 0 Å². The Kier molecular flexibility index (Phi) is 5.93. The zero-order valence-electron chi connectivity index (χ0n) is 12.0. The van der Waals surface area contributed by atoms with E-state index in [1.54, 1.807) is 25.3 Å². The van der Waals surface area contributed by atoms with Gasteiger partial charge in [0.05, 0.1) is 31.2 Å². The molecule has 0 radical (unpaired) electrons. The van der Waals surface area contributed by atoms with E-state index in [1.807, 2.05) is 0 Å². The van der Waals surface area contributed by atoms with Crippen LogP contribution in [-0.4, -0.2) is 22.0 Å². The third kappa shape index (κ3) is 3.59. The molecule has 0 aliphatic heterocycles. The van der Waals surface area contributed by atoms with E-state index >= 15 is 0 Å². The van der Waals surface area contributed by atoms with Crippen molar-refractivity contribution in [1.82, 2.24) is 4.98 Å². The molecule has 0 bridgehead atoms. The van der Waals surface area contributed by atoms with Crippen LogP contribution in [0.5, 0.6) is 0 Å². The van der Waals surface area contributed by atoms with E-state index in [0.717, 1.165) is 0 Å². The molecule has 2 aromatic rings. The fourth-order valence-electron chi connectivity index (χ4n) is 1.93. The second kappa shape index (κ2) is 7.57. The Morgan fingerprint density at radius 1 is 1.08 bits per heavy atom. The lowest BCUT2D eigenvalue weighted by Gasteiger charge is -2.17. The largest absolute Gasteiger partial charge is 0.478 e. The van der Waals surface area contributed by atoms with Crippen molar-refractivity contribution in [3.8, 4) is 0 Å². The van der Waals surface area contributed by atoms with Crippen LogP contribution in [0.1, 0.15) is 39.3 Å². The summed E-state index contributed by atoms with van der Waals surface area (Å²) in [7, 11) is 0. The normalized spacial score (nSPS) is 11.9. The van der Waals surface area contributed by atoms with Crippen molar-refractivity contribution in [2.24, 2.45) is 0 Å². The molecule has 0 aliphatic carbocycles. The first kappa shape index (κ1) is 18.8. The average Bonchev–Trinajstić information content (AvgIpc) is 2.56. The summed E-state index contributed by atoms with van der Waals surface area (Å²) in [5, 5.41) is 8.11. The molecule has 5 nitrogen and oxygen atoms in total. The highest BCUT2D eigenvalue weighted by Gasteiger charge is 2.30. The van der Waals surface area contributed by atoms with Crippen molar-refractivity contribution in [3.05, 3.63) is 61.3 Å². The molecule has 0 aliphatic rings. The summed E-state index contributed by atoms with van der Waals surface area (Å²) in [5.74, 6) is -2.48. The zero-order valence-corrected chi connectivity index (χ0v) is 15.0. The number of aromatic nitrogens is 1. The predicted molar refractivity (Wildman–Crippen MR) is 91.5 cm³/mol. The highest BCUT2D eigenvalue weighted by atomic mass is 35.5. The van der Waals surface area contributed by atoms with Crippen LogP contribution < -0.4 is 0 Å². The SMILES string of the molecule is CC(OC(=O)c1c(Cl)c(Cl)c(Cl)c(Cl)c1C(=O)O)c1cccnc1. The average molecular weight is 409 g/mol. The number of carboxylic acids is 1. The molecule has 0 fully saturated rings. The topological polar surface area (TPSA) is 76.5 Å². The number of halogens is 4. The lowest BCUT2D eigenvalue weighted by atomic mass is 10.1. The minimum Gasteiger partial charge on any atom is -0.478 e. The highest BCUT2D eigenvalue weighted by Crippen LogP contribution is 2.42. The van der Waals surface area contributed by atoms with E-state index in [0.29, 0.717) is 5.56 Å². The monoisotopic (exact) mass is 407 g/mol. The van der Waals surface area contributed by atoms with Crippen LogP contribution in [0.2, 0.25) is 20.1 Å². The second-order valence-corrected chi connectivity index (χ2v) is 6.16. The van der Waals surface area contributed by atoms with Crippen molar-refractivity contribution >= 4 is 58.3 Å². The van der Waals surface area contributed by atoms with Gasteiger partial charge >= 0.3 is 11.9 Å². The maximum Gasteiger partial charge on any atom is 0.341 e. The van der Waals surface area contributed by atoms with E-state index in [-0.39, 0.29) is 20.1 Å². The van der Waals surface area contributed by atoms with Crippen LogP contribution in [0, 0.1) is 0 Å². The molecule has 0 saturated carbocycles. The van der Waals surface area contributed by atoms with Gasteiger partial charge in [0.1, 0.15) is 6.10 Å². The summed E-state index contributed by atoms with van der Waals surface area (Å²) >= 11 is 23.6. The van der Waals surface area contributed by atoms with Crippen LogP contribution in [0.15, 0.2) is 24.5 Å². The van der Waals surface area contributed by atoms with Gasteiger partial charge in [0.15, 0.2) is 0 Å². The van der Waals surface area contributed by atoms with Crippen molar-refractivity contribution in [1.29, 1.82) is 0 Å². The number of esters is 1. The lowest BCUT2D eigenvalue weighted by molar-refractivity contribution is 0.0331. The van der Waals surface area contributed by atoms with E-state index in [1.165, 1.54) is 6.20 Å². The third-order valence-corrected chi connectivity index (χ3v) is 4.92. The number of hydrogen-bond acceptors (Lipinski definition) is 4. The summed E-state index contributed by atoms with van der Waals surface area (Å²) in [6.07, 6.45) is 2.38. The number of benzene rings is 1. The Balaban J connectivity index is 2.48. The number of aromatic carboxylic acids is 1. The lowest BCUT2D eigenvalue weighted by Crippen LogP contribution is -2.16. The number of rotatable bonds is 4. The van der Waals surface area contributed by atoms with E-state index in [2.05, 4.69) is 4.98 Å². The minimum absolute atomic E-state index is 0.227. The van der Waals surface area contributed by atoms with Gasteiger partial charge in [-0.1, -0.05) is 52.5 Å². The van der Waals surface area contributed by atoms with Crippen molar-refractivity contribution in [2.45, 2.75) is 13.0 Å². The van der Waals surface area contributed by atoms with Gasteiger partial charge < -0.3 is 9.84 Å². The number of ether oxygens (including phenoxy) is 1. The molecule has 2 rings (SSSR count). The summed E-state index contributed by atoms with van der Waals surface area (Å²) < 4.78 is 5.26. The smallest absolute Gasteiger partial charge is 0.341 e. The summed E-state index contributed by atoms with van der Waals surface area (Å²) in [4.78, 5) is 27.8. The van der Waals surface area contributed by atoms with Gasteiger partial charge in [0.2, 0.25) is 0 Å². The van der Waals surface area contributed by atoms with Gasteiger partial charge in [0.25, 0.3) is 0 Å². The molecule has 0 spiro atoms. The Morgan fingerprint density at radius 3 is 2.17 bits per heavy atom. The Labute approximate surface area is 157 Å². The zero-order chi connectivity index (χ0) is 18.0. The standard InChI is InChI=1S/C15H9Cl4NO4/c1-6(7-3-2-4-20-5-7)24-15(23)9-8(14(21)22)10(16)12(18)13(19)11(9)17/h2-6H,1H3,(H,21,22). The molecule has 1 aromatic carbocycles. The van der Waals surface area contributed by atoms with Gasteiger partial charge in [-0.15, -0.1) is 0 Å².